The lowest BCUT2D eigenvalue weighted by Crippen LogP contribution is -2.54. The van der Waals surface area contributed by atoms with Gasteiger partial charge in [-0.05, 0) is 144 Å². The van der Waals surface area contributed by atoms with Crippen molar-refractivity contribution in [3.8, 4) is 0 Å². The second kappa shape index (κ2) is 21.1. The molecule has 18 nitrogen and oxygen atoms in total. The van der Waals surface area contributed by atoms with Crippen molar-refractivity contribution in [1.29, 1.82) is 0 Å². The minimum atomic E-state index is -1.14. The first-order chi connectivity index (χ1) is 29.4. The van der Waals surface area contributed by atoms with E-state index in [1.54, 1.807) is 0 Å². The summed E-state index contributed by atoms with van der Waals surface area (Å²) < 4.78 is 32.6. The number of carbonyl (C=O) groups is 3. The van der Waals surface area contributed by atoms with Gasteiger partial charge >= 0.3 is 23.6 Å². The largest absolute Gasteiger partial charge is 0.481 e. The number of esters is 2. The Morgan fingerprint density at radius 3 is 2.36 bits per heavy atom. The smallest absolute Gasteiger partial charge is 0.310 e. The van der Waals surface area contributed by atoms with Gasteiger partial charge in [0.15, 0.2) is 0 Å². The van der Waals surface area contributed by atoms with Crippen LogP contribution in [0.25, 0.3) is 21.5 Å². The highest BCUT2D eigenvalue weighted by molar-refractivity contribution is 5.87. The summed E-state index contributed by atoms with van der Waals surface area (Å²) in [6.45, 7) is 10.1. The van der Waals surface area contributed by atoms with Crippen LogP contribution in [0.3, 0.4) is 0 Å². The highest BCUT2D eigenvalue weighted by Crippen LogP contribution is 2.68. The van der Waals surface area contributed by atoms with Crippen molar-refractivity contribution < 1.29 is 52.7 Å². The first-order valence-electron chi connectivity index (χ1n) is 22.1. The number of aliphatic carboxylic acids is 1. The second-order valence-corrected chi connectivity index (χ2v) is 18.2. The summed E-state index contributed by atoms with van der Waals surface area (Å²) in [6.07, 6.45) is 9.89. The zero-order chi connectivity index (χ0) is 43.6. The SMILES string of the molecule is C[C@H](CCC(=O)OCCOCCOCCOCCN=[N+]=[N-])C1CC[C@H]2[C@@H]3CC[C@@H]4C[C@H](OC(=O)[C@H](CC(=O)O)Cc5ccc([N+](=O)[O-])c6nonc56)CC[C@]4(C)[C@H]3CC[C@]12C. The zero-order valence-corrected chi connectivity index (χ0v) is 35.7. The van der Waals surface area contributed by atoms with Gasteiger partial charge in [-0.1, -0.05) is 25.9 Å². The van der Waals surface area contributed by atoms with Gasteiger partial charge in [-0.2, -0.15) is 0 Å². The number of hydrogen-bond donors (Lipinski definition) is 1. The molecular weight excluding hydrogens is 793 g/mol. The van der Waals surface area contributed by atoms with Crippen LogP contribution in [0.4, 0.5) is 5.69 Å². The molecule has 1 N–H and O–H groups in total. The summed E-state index contributed by atoms with van der Waals surface area (Å²) in [7, 11) is 0. The van der Waals surface area contributed by atoms with Crippen LogP contribution in [0.2, 0.25) is 0 Å². The Morgan fingerprint density at radius 1 is 0.951 bits per heavy atom. The van der Waals surface area contributed by atoms with Crippen LogP contribution in [0, 0.1) is 62.4 Å². The van der Waals surface area contributed by atoms with Gasteiger partial charge in [0.2, 0.25) is 5.52 Å². The normalized spacial score (nSPS) is 29.0. The molecule has 18 heteroatoms. The van der Waals surface area contributed by atoms with Crippen molar-refractivity contribution in [2.45, 2.75) is 110 Å². The highest BCUT2D eigenvalue weighted by Gasteiger charge is 2.60. The molecule has 336 valence electrons. The molecule has 1 aromatic heterocycles. The number of carbonyl (C=O) groups excluding carboxylic acids is 2. The molecule has 1 aromatic carbocycles. The van der Waals surface area contributed by atoms with Gasteiger partial charge in [-0.15, -0.1) is 0 Å². The molecule has 1 unspecified atom stereocenters. The van der Waals surface area contributed by atoms with Crippen molar-refractivity contribution in [2.75, 3.05) is 52.8 Å². The van der Waals surface area contributed by atoms with E-state index in [2.05, 4.69) is 41.1 Å². The maximum absolute atomic E-state index is 13.6. The number of fused-ring (bicyclic) bond motifs is 6. The molecule has 2 aromatic rings. The molecular formula is C43H62N6O12. The minimum Gasteiger partial charge on any atom is -0.481 e. The van der Waals surface area contributed by atoms with Crippen LogP contribution in [-0.4, -0.2) is 97.1 Å². The van der Waals surface area contributed by atoms with Gasteiger partial charge in [-0.3, -0.25) is 24.5 Å². The number of nitro benzene ring substituents is 1. The Morgan fingerprint density at radius 2 is 1.64 bits per heavy atom. The minimum absolute atomic E-state index is 0.0230. The van der Waals surface area contributed by atoms with Crippen LogP contribution in [0.15, 0.2) is 21.9 Å². The number of benzene rings is 1. The molecule has 0 spiro atoms. The first kappa shape index (κ1) is 46.1. The maximum Gasteiger partial charge on any atom is 0.310 e. The first-order valence-corrected chi connectivity index (χ1v) is 22.1. The fourth-order valence-corrected chi connectivity index (χ4v) is 12.0. The fraction of sp³-hybridized carbons (Fsp3) is 0.791. The predicted octanol–water partition coefficient (Wildman–Crippen LogP) is 7.65. The summed E-state index contributed by atoms with van der Waals surface area (Å²) in [4.78, 5) is 51.7. The number of aromatic nitrogens is 2. The number of azide groups is 1. The summed E-state index contributed by atoms with van der Waals surface area (Å²) in [5, 5.41) is 32.0. The Labute approximate surface area is 355 Å². The molecule has 10 atom stereocenters. The van der Waals surface area contributed by atoms with E-state index in [1.165, 1.54) is 37.8 Å². The quantitative estimate of drug-likeness (QED) is 0.0214. The third-order valence-electron chi connectivity index (χ3n) is 15.0. The lowest BCUT2D eigenvalue weighted by atomic mass is 9.44. The van der Waals surface area contributed by atoms with E-state index < -0.39 is 29.2 Å². The monoisotopic (exact) mass is 854 g/mol. The van der Waals surface area contributed by atoms with Gasteiger partial charge in [0.25, 0.3) is 0 Å². The number of hydrogen-bond acceptors (Lipinski definition) is 14. The number of nitro groups is 1. The number of non-ortho nitro benzene ring substituents is 1. The van der Waals surface area contributed by atoms with E-state index in [1.807, 2.05) is 0 Å². The number of ether oxygens (including phenoxy) is 5. The fourth-order valence-electron chi connectivity index (χ4n) is 12.0. The molecule has 6 rings (SSSR count). The average Bonchev–Trinajstić information content (AvgIpc) is 3.87. The topological polar surface area (TPSA) is 248 Å². The zero-order valence-electron chi connectivity index (χ0n) is 35.7. The summed E-state index contributed by atoms with van der Waals surface area (Å²) in [5.74, 6) is 0.395. The van der Waals surface area contributed by atoms with Crippen molar-refractivity contribution in [3.05, 3.63) is 38.3 Å². The van der Waals surface area contributed by atoms with Gasteiger partial charge < -0.3 is 28.8 Å². The maximum atomic E-state index is 13.6. The third-order valence-corrected chi connectivity index (χ3v) is 15.0. The van der Waals surface area contributed by atoms with Crippen molar-refractivity contribution >= 4 is 34.6 Å². The lowest BCUT2D eigenvalue weighted by molar-refractivity contribution is -0.383. The van der Waals surface area contributed by atoms with Crippen molar-refractivity contribution in [3.63, 3.8) is 0 Å². The molecule has 4 saturated carbocycles. The van der Waals surface area contributed by atoms with E-state index in [4.69, 9.17) is 33.8 Å². The van der Waals surface area contributed by atoms with E-state index in [0.29, 0.717) is 93.7 Å². The predicted molar refractivity (Wildman–Crippen MR) is 219 cm³/mol. The van der Waals surface area contributed by atoms with E-state index >= 15 is 0 Å². The molecule has 0 radical (unpaired) electrons. The third kappa shape index (κ3) is 11.0. The molecule has 4 aliphatic rings. The number of rotatable bonds is 23. The molecule has 1 heterocycles. The number of carboxylic acid groups (broad SMARTS) is 1. The van der Waals surface area contributed by atoms with Gasteiger partial charge in [0.1, 0.15) is 18.2 Å². The van der Waals surface area contributed by atoms with Crippen molar-refractivity contribution in [2.24, 2.45) is 57.4 Å². The van der Waals surface area contributed by atoms with Crippen LogP contribution in [0.5, 0.6) is 0 Å². The number of carboxylic acids is 1. The van der Waals surface area contributed by atoms with Gasteiger partial charge in [-0.25, -0.2) is 4.63 Å². The van der Waals surface area contributed by atoms with Crippen LogP contribution in [-0.2, 0) is 44.5 Å². The average molecular weight is 855 g/mol. The molecule has 4 aliphatic carbocycles. The summed E-state index contributed by atoms with van der Waals surface area (Å²) in [5.41, 5.74) is 8.87. The van der Waals surface area contributed by atoms with Crippen LogP contribution < -0.4 is 0 Å². The second-order valence-electron chi connectivity index (χ2n) is 18.2. The Kier molecular flexibility index (Phi) is 16.0. The van der Waals surface area contributed by atoms with Gasteiger partial charge in [0, 0.05) is 23.9 Å². The standard InChI is InChI=1S/C43H62N6O12/c1-27(4-11-38(52)59-23-22-58-21-20-57-19-18-56-17-16-45-48-44)33-8-9-34-32-7-6-30-26-31(12-14-42(30,2)35(32)13-15-43(33,34)3)60-41(53)29(25-37(50)51)24-28-5-10-36(49(54)55)40-39(28)46-61-47-40/h5,10,27,29-35H,4,6-9,11-26H2,1-3H3,(H,50,51)/t27-,29+,30-,31-,32+,33?,34+,35+,42+,43-/m1/s1. The van der Waals surface area contributed by atoms with E-state index in [-0.39, 0.29) is 52.7 Å². The van der Waals surface area contributed by atoms with Crippen molar-refractivity contribution in [1.82, 2.24) is 10.3 Å². The molecule has 0 aliphatic heterocycles. The molecule has 61 heavy (non-hydrogen) atoms. The molecule has 0 amide bonds. The lowest BCUT2D eigenvalue weighted by Gasteiger charge is -2.61. The Balaban J connectivity index is 0.935. The van der Waals surface area contributed by atoms with Gasteiger partial charge in [0.05, 0.1) is 56.9 Å². The highest BCUT2D eigenvalue weighted by atomic mass is 16.6. The summed E-state index contributed by atoms with van der Waals surface area (Å²) >= 11 is 0. The van der Waals surface area contributed by atoms with Crippen LogP contribution in [0.1, 0.15) is 103 Å². The van der Waals surface area contributed by atoms with Crippen LogP contribution >= 0.6 is 0 Å². The molecule has 4 fully saturated rings. The van der Waals surface area contributed by atoms with E-state index in [0.717, 1.165) is 38.5 Å². The molecule has 0 saturated heterocycles. The Hall–Kier alpha value is -4.38. The van der Waals surface area contributed by atoms with E-state index in [9.17, 15) is 29.6 Å². The Bertz CT molecular complexity index is 1890. The summed E-state index contributed by atoms with van der Waals surface area (Å²) in [6, 6.07) is 2.74. The number of nitrogens with zero attached hydrogens (tertiary/aromatic N) is 6. The molecule has 0 bridgehead atoms.